The first-order chi connectivity index (χ1) is 10.9. The SMILES string of the molecule is C#CCNS(=O)(=O)c1ccc(C(=O)NCCOCC(=O)O)cc1. The molecule has 0 saturated carbocycles. The van der Waals surface area contributed by atoms with Gasteiger partial charge in [-0.3, -0.25) is 4.79 Å². The minimum Gasteiger partial charge on any atom is -0.480 e. The quantitative estimate of drug-likeness (QED) is 0.409. The molecule has 0 aliphatic heterocycles. The molecule has 0 bridgehead atoms. The van der Waals surface area contributed by atoms with E-state index < -0.39 is 28.5 Å². The lowest BCUT2D eigenvalue weighted by molar-refractivity contribution is -0.142. The Morgan fingerprint density at radius 2 is 1.91 bits per heavy atom. The fraction of sp³-hybridized carbons (Fsp3) is 0.286. The maximum absolute atomic E-state index is 11.8. The molecule has 3 N–H and O–H groups in total. The number of carbonyl (C=O) groups excluding carboxylic acids is 1. The molecule has 9 heteroatoms. The Morgan fingerprint density at radius 1 is 1.26 bits per heavy atom. The second-order valence-corrected chi connectivity index (χ2v) is 6.02. The van der Waals surface area contributed by atoms with E-state index in [1.54, 1.807) is 0 Å². The summed E-state index contributed by atoms with van der Waals surface area (Å²) in [4.78, 5) is 22.0. The Bertz CT molecular complexity index is 691. The van der Waals surface area contributed by atoms with E-state index in [1.807, 2.05) is 0 Å². The topological polar surface area (TPSA) is 122 Å². The fourth-order valence-corrected chi connectivity index (χ4v) is 2.44. The first-order valence-corrected chi connectivity index (χ1v) is 7.96. The van der Waals surface area contributed by atoms with E-state index in [1.165, 1.54) is 24.3 Å². The summed E-state index contributed by atoms with van der Waals surface area (Å²) < 4.78 is 30.6. The van der Waals surface area contributed by atoms with Gasteiger partial charge in [-0.1, -0.05) is 5.92 Å². The number of ether oxygens (including phenoxy) is 1. The molecule has 8 nitrogen and oxygen atoms in total. The smallest absolute Gasteiger partial charge is 0.329 e. The summed E-state index contributed by atoms with van der Waals surface area (Å²) in [6.07, 6.45) is 4.99. The van der Waals surface area contributed by atoms with Crippen LogP contribution in [0.3, 0.4) is 0 Å². The van der Waals surface area contributed by atoms with Crippen LogP contribution < -0.4 is 10.0 Å². The van der Waals surface area contributed by atoms with Gasteiger partial charge < -0.3 is 15.2 Å². The van der Waals surface area contributed by atoms with Crippen molar-refractivity contribution >= 4 is 21.9 Å². The molecule has 1 rings (SSSR count). The highest BCUT2D eigenvalue weighted by atomic mass is 32.2. The highest BCUT2D eigenvalue weighted by Crippen LogP contribution is 2.10. The number of amides is 1. The normalized spacial score (nSPS) is 10.7. The van der Waals surface area contributed by atoms with Crippen molar-refractivity contribution in [1.29, 1.82) is 0 Å². The van der Waals surface area contributed by atoms with E-state index >= 15 is 0 Å². The van der Waals surface area contributed by atoms with Gasteiger partial charge >= 0.3 is 5.97 Å². The molecule has 1 amide bonds. The molecule has 124 valence electrons. The van der Waals surface area contributed by atoms with Gasteiger partial charge in [0.15, 0.2) is 0 Å². The monoisotopic (exact) mass is 340 g/mol. The number of aliphatic carboxylic acids is 1. The number of terminal acetylenes is 1. The van der Waals surface area contributed by atoms with Crippen molar-refractivity contribution < 1.29 is 27.9 Å². The first kappa shape index (κ1) is 18.6. The molecule has 1 aromatic carbocycles. The zero-order chi connectivity index (χ0) is 17.3. The number of hydrogen-bond donors (Lipinski definition) is 3. The van der Waals surface area contributed by atoms with E-state index in [2.05, 4.69) is 16.0 Å². The molecule has 1 aromatic rings. The van der Waals surface area contributed by atoms with E-state index in [-0.39, 0.29) is 30.2 Å². The molecule has 0 spiro atoms. The molecule has 0 heterocycles. The van der Waals surface area contributed by atoms with Gasteiger partial charge in [0.1, 0.15) is 6.61 Å². The van der Waals surface area contributed by atoms with Crippen molar-refractivity contribution in [2.24, 2.45) is 0 Å². The van der Waals surface area contributed by atoms with E-state index in [0.29, 0.717) is 0 Å². The van der Waals surface area contributed by atoms with E-state index in [4.69, 9.17) is 16.3 Å². The van der Waals surface area contributed by atoms with Crippen LogP contribution in [0.15, 0.2) is 29.2 Å². The molecule has 0 saturated heterocycles. The molecule has 0 atom stereocenters. The van der Waals surface area contributed by atoms with Crippen LogP contribution in [0.25, 0.3) is 0 Å². The minimum atomic E-state index is -3.70. The van der Waals surface area contributed by atoms with Crippen molar-refractivity contribution in [2.75, 3.05) is 26.3 Å². The Balaban J connectivity index is 2.54. The molecule has 0 aromatic heterocycles. The highest BCUT2D eigenvalue weighted by molar-refractivity contribution is 7.89. The molecule has 0 fully saturated rings. The van der Waals surface area contributed by atoms with Gasteiger partial charge in [-0.25, -0.2) is 13.2 Å². The van der Waals surface area contributed by atoms with Gasteiger partial charge in [-0.2, -0.15) is 4.72 Å². The third-order valence-electron chi connectivity index (χ3n) is 2.55. The summed E-state index contributed by atoms with van der Waals surface area (Å²) in [7, 11) is -3.70. The summed E-state index contributed by atoms with van der Waals surface area (Å²) in [5, 5.41) is 10.9. The lowest BCUT2D eigenvalue weighted by Crippen LogP contribution is -2.28. The molecule has 0 radical (unpaired) electrons. The van der Waals surface area contributed by atoms with Crippen LogP contribution >= 0.6 is 0 Å². The molecule has 0 aliphatic carbocycles. The van der Waals surface area contributed by atoms with Crippen LogP contribution in [0.5, 0.6) is 0 Å². The molecule has 0 aliphatic rings. The standard InChI is InChI=1S/C14H16N2O6S/c1-2-7-16-23(20,21)12-5-3-11(4-6-12)14(19)15-8-9-22-10-13(17)18/h1,3-6,16H,7-10H2,(H,15,19)(H,17,18). The first-order valence-electron chi connectivity index (χ1n) is 6.48. The van der Waals surface area contributed by atoms with Gasteiger partial charge in [-0.15, -0.1) is 6.42 Å². The predicted octanol–water partition coefficient (Wildman–Crippen LogP) is -0.571. The van der Waals surface area contributed by atoms with Crippen molar-refractivity contribution in [3.05, 3.63) is 29.8 Å². The third kappa shape index (κ3) is 6.48. The number of benzene rings is 1. The second kappa shape index (κ2) is 8.89. The van der Waals surface area contributed by atoms with Gasteiger partial charge in [-0.05, 0) is 24.3 Å². The molecule has 23 heavy (non-hydrogen) atoms. The maximum Gasteiger partial charge on any atom is 0.329 e. The minimum absolute atomic E-state index is 0.00547. The van der Waals surface area contributed by atoms with Gasteiger partial charge in [0.05, 0.1) is 18.0 Å². The number of carboxylic acids is 1. The predicted molar refractivity (Wildman–Crippen MR) is 81.3 cm³/mol. The van der Waals surface area contributed by atoms with E-state index in [9.17, 15) is 18.0 Å². The van der Waals surface area contributed by atoms with Crippen molar-refractivity contribution in [3.8, 4) is 12.3 Å². The van der Waals surface area contributed by atoms with Crippen LogP contribution in [0, 0.1) is 12.3 Å². The Labute approximate surface area is 133 Å². The molecular formula is C14H16N2O6S. The number of carbonyl (C=O) groups is 2. The fourth-order valence-electron chi connectivity index (χ4n) is 1.50. The molecular weight excluding hydrogens is 324 g/mol. The van der Waals surface area contributed by atoms with Crippen molar-refractivity contribution in [2.45, 2.75) is 4.90 Å². The zero-order valence-electron chi connectivity index (χ0n) is 12.1. The Morgan fingerprint density at radius 3 is 2.48 bits per heavy atom. The third-order valence-corrected chi connectivity index (χ3v) is 3.97. The average molecular weight is 340 g/mol. The van der Waals surface area contributed by atoms with Gasteiger partial charge in [0.2, 0.25) is 10.0 Å². The summed E-state index contributed by atoms with van der Waals surface area (Å²) in [6.45, 7) is -0.371. The van der Waals surface area contributed by atoms with Gasteiger partial charge in [0.25, 0.3) is 5.91 Å². The number of sulfonamides is 1. The molecule has 0 unspecified atom stereocenters. The lowest BCUT2D eigenvalue weighted by atomic mass is 10.2. The highest BCUT2D eigenvalue weighted by Gasteiger charge is 2.13. The Hall–Kier alpha value is -2.41. The van der Waals surface area contributed by atoms with Gasteiger partial charge in [0, 0.05) is 12.1 Å². The van der Waals surface area contributed by atoms with Crippen LogP contribution in [0.2, 0.25) is 0 Å². The largest absolute Gasteiger partial charge is 0.480 e. The van der Waals surface area contributed by atoms with Crippen molar-refractivity contribution in [1.82, 2.24) is 10.0 Å². The summed E-state index contributed by atoms with van der Waals surface area (Å²) in [5.41, 5.74) is 0.263. The number of nitrogens with one attached hydrogen (secondary N) is 2. The second-order valence-electron chi connectivity index (χ2n) is 4.26. The number of carboxylic acid groups (broad SMARTS) is 1. The number of hydrogen-bond acceptors (Lipinski definition) is 5. The summed E-state index contributed by atoms with van der Waals surface area (Å²) in [5.74, 6) is 0.643. The van der Waals surface area contributed by atoms with Crippen LogP contribution in [-0.4, -0.2) is 51.7 Å². The van der Waals surface area contributed by atoms with Crippen LogP contribution in [-0.2, 0) is 19.6 Å². The average Bonchev–Trinajstić information content (AvgIpc) is 2.52. The lowest BCUT2D eigenvalue weighted by Gasteiger charge is -2.07. The van der Waals surface area contributed by atoms with Crippen LogP contribution in [0.1, 0.15) is 10.4 Å². The number of rotatable bonds is 9. The summed E-state index contributed by atoms with van der Waals surface area (Å²) in [6, 6.07) is 5.29. The van der Waals surface area contributed by atoms with E-state index in [0.717, 1.165) is 0 Å². The maximum atomic E-state index is 11.8. The van der Waals surface area contributed by atoms with Crippen molar-refractivity contribution in [3.63, 3.8) is 0 Å². The Kier molecular flexibility index (Phi) is 7.21. The summed E-state index contributed by atoms with van der Waals surface area (Å²) >= 11 is 0. The zero-order valence-corrected chi connectivity index (χ0v) is 12.9. The van der Waals surface area contributed by atoms with Crippen LogP contribution in [0.4, 0.5) is 0 Å².